The summed E-state index contributed by atoms with van der Waals surface area (Å²) in [4.78, 5) is 10.9. The smallest absolute Gasteiger partial charge is 0.235 e. The van der Waals surface area contributed by atoms with E-state index in [0.29, 0.717) is 5.95 Å². The van der Waals surface area contributed by atoms with Crippen molar-refractivity contribution < 1.29 is 4.42 Å². The minimum Gasteiger partial charge on any atom is -0.454 e. The Morgan fingerprint density at radius 1 is 0.420 bits per heavy atom. The number of aromatic nitrogens is 3. The molecule has 0 unspecified atom stereocenters. The quantitative estimate of drug-likeness (QED) is 0.181. The monoisotopic (exact) mass is 637 g/mol. The molecule has 0 N–H and O–H groups in total. The molecule has 232 valence electrons. The summed E-state index contributed by atoms with van der Waals surface area (Å²) in [7, 11) is 0. The maximum Gasteiger partial charge on any atom is 0.235 e. The highest BCUT2D eigenvalue weighted by molar-refractivity contribution is 6.35. The zero-order valence-electron chi connectivity index (χ0n) is 26.8. The molecule has 0 atom stereocenters. The summed E-state index contributed by atoms with van der Waals surface area (Å²) in [6.07, 6.45) is 0. The first-order valence-corrected chi connectivity index (χ1v) is 16.9. The van der Waals surface area contributed by atoms with Gasteiger partial charge in [0.05, 0.1) is 16.7 Å². The molecule has 0 saturated heterocycles. The second-order valence-electron chi connectivity index (χ2n) is 12.9. The number of benzene rings is 8. The molecule has 0 saturated carbocycles. The third kappa shape index (κ3) is 3.81. The van der Waals surface area contributed by atoms with Crippen molar-refractivity contribution in [2.45, 2.75) is 0 Å². The Hall–Kier alpha value is -6.78. The van der Waals surface area contributed by atoms with Gasteiger partial charge in [-0.1, -0.05) is 146 Å². The molecule has 11 rings (SSSR count). The van der Waals surface area contributed by atoms with Crippen molar-refractivity contribution in [3.8, 4) is 28.3 Å². The predicted molar refractivity (Wildman–Crippen MR) is 207 cm³/mol. The van der Waals surface area contributed by atoms with Crippen LogP contribution in [0.2, 0.25) is 0 Å². The van der Waals surface area contributed by atoms with Crippen LogP contribution >= 0.6 is 0 Å². The van der Waals surface area contributed by atoms with Gasteiger partial charge in [0, 0.05) is 32.5 Å². The molecular formula is C46H27N3O. The Morgan fingerprint density at radius 2 is 1.04 bits per heavy atom. The van der Waals surface area contributed by atoms with Gasteiger partial charge < -0.3 is 4.42 Å². The molecule has 0 aliphatic heterocycles. The topological polar surface area (TPSA) is 43.9 Å². The molecule has 0 spiro atoms. The van der Waals surface area contributed by atoms with Crippen molar-refractivity contribution in [1.29, 1.82) is 0 Å². The van der Waals surface area contributed by atoms with Gasteiger partial charge in [-0.25, -0.2) is 9.97 Å². The van der Waals surface area contributed by atoms with Crippen molar-refractivity contribution in [1.82, 2.24) is 14.5 Å². The number of furan rings is 1. The van der Waals surface area contributed by atoms with Crippen LogP contribution in [0.15, 0.2) is 168 Å². The van der Waals surface area contributed by atoms with Gasteiger partial charge in [-0.05, 0) is 50.9 Å². The highest BCUT2D eigenvalue weighted by Gasteiger charge is 2.25. The molecule has 0 aliphatic carbocycles. The van der Waals surface area contributed by atoms with Gasteiger partial charge in [-0.2, -0.15) is 0 Å². The highest BCUT2D eigenvalue weighted by atomic mass is 16.3. The fourth-order valence-corrected chi connectivity index (χ4v) is 7.98. The Balaban J connectivity index is 1.29. The fraction of sp³-hybridized carbons (Fsp3) is 0. The molecule has 4 heteroatoms. The first-order chi connectivity index (χ1) is 24.8. The summed E-state index contributed by atoms with van der Waals surface area (Å²) in [5.41, 5.74) is 8.89. The molecule has 0 amide bonds. The van der Waals surface area contributed by atoms with Crippen LogP contribution < -0.4 is 0 Å². The van der Waals surface area contributed by atoms with E-state index in [4.69, 9.17) is 14.4 Å². The first kappa shape index (κ1) is 27.2. The number of hydrogen-bond donors (Lipinski definition) is 0. The van der Waals surface area contributed by atoms with Gasteiger partial charge in [-0.3, -0.25) is 4.57 Å². The molecule has 3 aromatic heterocycles. The molecule has 50 heavy (non-hydrogen) atoms. The van der Waals surface area contributed by atoms with Crippen molar-refractivity contribution in [3.05, 3.63) is 164 Å². The molecule has 0 bridgehead atoms. The Morgan fingerprint density at radius 3 is 1.86 bits per heavy atom. The average Bonchev–Trinajstić information content (AvgIpc) is 3.75. The Labute approximate surface area is 286 Å². The van der Waals surface area contributed by atoms with E-state index in [1.54, 1.807) is 0 Å². The number of hydrogen-bond acceptors (Lipinski definition) is 3. The van der Waals surface area contributed by atoms with E-state index >= 15 is 0 Å². The van der Waals surface area contributed by atoms with E-state index in [-0.39, 0.29) is 0 Å². The summed E-state index contributed by atoms with van der Waals surface area (Å²) in [6.45, 7) is 0. The van der Waals surface area contributed by atoms with E-state index in [2.05, 4.69) is 156 Å². The number of fused-ring (bicyclic) bond motifs is 13. The molecule has 11 aromatic rings. The second-order valence-corrected chi connectivity index (χ2v) is 12.9. The summed E-state index contributed by atoms with van der Waals surface area (Å²) in [6, 6.07) is 57.6. The lowest BCUT2D eigenvalue weighted by atomic mass is 9.98. The van der Waals surface area contributed by atoms with Gasteiger partial charge in [0.2, 0.25) is 5.95 Å². The summed E-state index contributed by atoms with van der Waals surface area (Å²) in [5, 5.41) is 10.2. The normalized spacial score (nSPS) is 12.0. The molecule has 0 fully saturated rings. The molecule has 4 nitrogen and oxygen atoms in total. The molecular weight excluding hydrogens is 611 g/mol. The fourth-order valence-electron chi connectivity index (χ4n) is 7.98. The van der Waals surface area contributed by atoms with Crippen molar-refractivity contribution in [2.24, 2.45) is 0 Å². The van der Waals surface area contributed by atoms with Gasteiger partial charge in [0.1, 0.15) is 11.1 Å². The lowest BCUT2D eigenvalue weighted by Crippen LogP contribution is -2.04. The maximum atomic E-state index is 6.80. The Bertz CT molecular complexity index is 3140. The van der Waals surface area contributed by atoms with E-state index in [1.807, 2.05) is 12.1 Å². The lowest BCUT2D eigenvalue weighted by Gasteiger charge is -2.14. The zero-order chi connectivity index (χ0) is 32.8. The number of nitrogens with zero attached hydrogens (tertiary/aromatic N) is 3. The molecule has 0 aliphatic rings. The number of para-hydroxylation sites is 2. The first-order valence-electron chi connectivity index (χ1n) is 16.9. The van der Waals surface area contributed by atoms with Crippen LogP contribution in [0.5, 0.6) is 0 Å². The van der Waals surface area contributed by atoms with Crippen LogP contribution in [0.25, 0.3) is 105 Å². The largest absolute Gasteiger partial charge is 0.454 e. The van der Waals surface area contributed by atoms with E-state index in [9.17, 15) is 0 Å². The van der Waals surface area contributed by atoms with Gasteiger partial charge in [0.15, 0.2) is 5.58 Å². The second kappa shape index (κ2) is 10.4. The Kier molecular flexibility index (Phi) is 5.63. The summed E-state index contributed by atoms with van der Waals surface area (Å²) >= 11 is 0. The lowest BCUT2D eigenvalue weighted by molar-refractivity contribution is 0.671. The van der Waals surface area contributed by atoms with Crippen molar-refractivity contribution in [2.75, 3.05) is 0 Å². The van der Waals surface area contributed by atoms with Crippen molar-refractivity contribution in [3.63, 3.8) is 0 Å². The van der Waals surface area contributed by atoms with Crippen LogP contribution in [0.3, 0.4) is 0 Å². The van der Waals surface area contributed by atoms with E-state index in [1.165, 1.54) is 21.9 Å². The summed E-state index contributed by atoms with van der Waals surface area (Å²) in [5.74, 6) is 0.609. The van der Waals surface area contributed by atoms with E-state index in [0.717, 1.165) is 76.7 Å². The third-order valence-electron chi connectivity index (χ3n) is 10.2. The van der Waals surface area contributed by atoms with Crippen LogP contribution in [0.4, 0.5) is 0 Å². The molecule has 3 heterocycles. The highest BCUT2D eigenvalue weighted by Crippen LogP contribution is 2.46. The van der Waals surface area contributed by atoms with Gasteiger partial charge >= 0.3 is 0 Å². The molecule has 8 aromatic carbocycles. The van der Waals surface area contributed by atoms with Crippen LogP contribution in [0.1, 0.15) is 0 Å². The van der Waals surface area contributed by atoms with E-state index < -0.39 is 0 Å². The predicted octanol–water partition coefficient (Wildman–Crippen LogP) is 12.3. The average molecular weight is 638 g/mol. The summed E-state index contributed by atoms with van der Waals surface area (Å²) < 4.78 is 9.02. The molecule has 0 radical (unpaired) electrons. The zero-order valence-corrected chi connectivity index (χ0v) is 26.8. The minimum atomic E-state index is 0.609. The minimum absolute atomic E-state index is 0.609. The van der Waals surface area contributed by atoms with Crippen LogP contribution in [-0.2, 0) is 0 Å². The van der Waals surface area contributed by atoms with Gasteiger partial charge in [-0.15, -0.1) is 0 Å². The third-order valence-corrected chi connectivity index (χ3v) is 10.2. The number of rotatable bonds is 3. The van der Waals surface area contributed by atoms with Crippen LogP contribution in [-0.4, -0.2) is 14.5 Å². The van der Waals surface area contributed by atoms with Crippen LogP contribution in [0, 0.1) is 0 Å². The standard InChI is InChI=1S/C46H27N3O/c1-2-12-28(13-3-1)29-22-24-31(25-23-29)43-42-32-15-5-4-14-30(32)26-27-37(42)47-46(48-43)49-38-20-10-8-18-35(38)40-33-16-6-7-17-34(33)41-36-19-9-11-21-39(36)50-45(41)44(40)49/h1-27H. The van der Waals surface area contributed by atoms with Crippen molar-refractivity contribution >= 4 is 76.2 Å². The SMILES string of the molecule is c1ccc(-c2ccc(-c3nc(-n4c5ccccc5c5c6ccccc6c6c7ccccc7oc6c54)nc4ccc5ccccc5c34)cc2)cc1. The van der Waals surface area contributed by atoms with Gasteiger partial charge in [0.25, 0.3) is 0 Å². The maximum absolute atomic E-state index is 6.80.